The molecule has 114 valence electrons. The van der Waals surface area contributed by atoms with Crippen LogP contribution in [0.1, 0.15) is 33.3 Å². The van der Waals surface area contributed by atoms with Crippen LogP contribution in [0.15, 0.2) is 12.3 Å². The molecule has 4 nitrogen and oxygen atoms in total. The molecule has 0 amide bonds. The van der Waals surface area contributed by atoms with Crippen molar-refractivity contribution in [2.75, 3.05) is 19.8 Å². The lowest BCUT2D eigenvalue weighted by Crippen LogP contribution is -2.21. The van der Waals surface area contributed by atoms with Crippen molar-refractivity contribution in [1.82, 2.24) is 10.3 Å². The maximum atomic E-state index is 6.15. The number of nitrogens with zero attached hydrogens (tertiary/aromatic N) is 1. The predicted molar refractivity (Wildman–Crippen MR) is 82.4 cm³/mol. The van der Waals surface area contributed by atoms with Crippen LogP contribution in [0.25, 0.3) is 0 Å². The average Bonchev–Trinajstić information content (AvgIpc) is 2.37. The first-order valence-electron chi connectivity index (χ1n) is 7.07. The van der Waals surface area contributed by atoms with Crippen molar-refractivity contribution < 1.29 is 9.47 Å². The van der Waals surface area contributed by atoms with E-state index in [2.05, 4.69) is 38.0 Å². The minimum Gasteiger partial charge on any atom is -0.474 e. The van der Waals surface area contributed by atoms with E-state index in [9.17, 15) is 0 Å². The van der Waals surface area contributed by atoms with Crippen LogP contribution in [0.3, 0.4) is 0 Å². The van der Waals surface area contributed by atoms with E-state index in [1.54, 1.807) is 6.20 Å². The van der Waals surface area contributed by atoms with E-state index in [-0.39, 0.29) is 0 Å². The molecule has 1 N–H and O–H groups in total. The second-order valence-corrected chi connectivity index (χ2v) is 5.89. The van der Waals surface area contributed by atoms with Crippen LogP contribution < -0.4 is 10.1 Å². The molecular formula is C15H25ClN2O2. The summed E-state index contributed by atoms with van der Waals surface area (Å²) in [5.74, 6) is 0.998. The Morgan fingerprint density at radius 1 is 1.25 bits per heavy atom. The van der Waals surface area contributed by atoms with Crippen molar-refractivity contribution in [3.8, 4) is 5.88 Å². The van der Waals surface area contributed by atoms with E-state index in [0.29, 0.717) is 36.1 Å². The van der Waals surface area contributed by atoms with Gasteiger partial charge in [-0.25, -0.2) is 4.98 Å². The molecule has 0 aliphatic heterocycles. The second kappa shape index (κ2) is 9.16. The Labute approximate surface area is 126 Å². The average molecular weight is 301 g/mol. The van der Waals surface area contributed by atoms with Crippen LogP contribution in [0, 0.1) is 5.92 Å². The van der Waals surface area contributed by atoms with Crippen LogP contribution in [0.2, 0.25) is 5.02 Å². The van der Waals surface area contributed by atoms with Crippen molar-refractivity contribution in [1.29, 1.82) is 0 Å². The van der Waals surface area contributed by atoms with Gasteiger partial charge in [0, 0.05) is 25.4 Å². The van der Waals surface area contributed by atoms with Crippen LogP contribution in [-0.4, -0.2) is 30.8 Å². The number of hydrogen-bond acceptors (Lipinski definition) is 4. The minimum atomic E-state index is 0.433. The fraction of sp³-hybridized carbons (Fsp3) is 0.667. The standard InChI is InChI=1S/C15H25ClN2O2/c1-11(2)10-19-5-6-20-15-14(16)7-13(9-18-15)8-17-12(3)4/h7,9,11-12,17H,5-6,8,10H2,1-4H3. The summed E-state index contributed by atoms with van der Waals surface area (Å²) in [7, 11) is 0. The van der Waals surface area contributed by atoms with Gasteiger partial charge >= 0.3 is 0 Å². The lowest BCUT2D eigenvalue weighted by atomic mass is 10.2. The van der Waals surface area contributed by atoms with Crippen molar-refractivity contribution >= 4 is 11.6 Å². The highest BCUT2D eigenvalue weighted by Gasteiger charge is 2.05. The Balaban J connectivity index is 2.36. The molecule has 0 unspecified atom stereocenters. The number of ether oxygens (including phenoxy) is 2. The van der Waals surface area contributed by atoms with Crippen molar-refractivity contribution in [3.05, 3.63) is 22.8 Å². The van der Waals surface area contributed by atoms with E-state index < -0.39 is 0 Å². The zero-order valence-corrected chi connectivity index (χ0v) is 13.5. The van der Waals surface area contributed by atoms with Crippen LogP contribution in [0.4, 0.5) is 0 Å². The van der Waals surface area contributed by atoms with Gasteiger partial charge in [-0.15, -0.1) is 0 Å². The summed E-state index contributed by atoms with van der Waals surface area (Å²) in [4.78, 5) is 4.24. The smallest absolute Gasteiger partial charge is 0.232 e. The highest BCUT2D eigenvalue weighted by atomic mass is 35.5. The monoisotopic (exact) mass is 300 g/mol. The molecule has 1 heterocycles. The Kier molecular flexibility index (Phi) is 7.88. The van der Waals surface area contributed by atoms with Crippen LogP contribution in [-0.2, 0) is 11.3 Å². The molecule has 0 atom stereocenters. The normalized spacial score (nSPS) is 11.3. The predicted octanol–water partition coefficient (Wildman–Crippen LogP) is 3.28. The number of aromatic nitrogens is 1. The molecule has 0 aliphatic carbocycles. The Hall–Kier alpha value is -0.840. The Morgan fingerprint density at radius 2 is 2.00 bits per heavy atom. The van der Waals surface area contributed by atoms with E-state index >= 15 is 0 Å². The lowest BCUT2D eigenvalue weighted by Gasteiger charge is -2.11. The summed E-state index contributed by atoms with van der Waals surface area (Å²) in [6.45, 7) is 10.9. The number of rotatable bonds is 9. The number of nitrogens with one attached hydrogen (secondary N) is 1. The summed E-state index contributed by atoms with van der Waals surface area (Å²) >= 11 is 6.15. The third-order valence-electron chi connectivity index (χ3n) is 2.50. The summed E-state index contributed by atoms with van der Waals surface area (Å²) in [5, 5.41) is 3.86. The molecule has 5 heteroatoms. The van der Waals surface area contributed by atoms with Crippen molar-refractivity contribution in [2.24, 2.45) is 5.92 Å². The topological polar surface area (TPSA) is 43.4 Å². The fourth-order valence-corrected chi connectivity index (χ4v) is 1.75. The molecule has 0 radical (unpaired) electrons. The third kappa shape index (κ3) is 7.08. The molecule has 1 aromatic rings. The molecule has 0 spiro atoms. The summed E-state index contributed by atoms with van der Waals surface area (Å²) in [5.41, 5.74) is 1.05. The van der Waals surface area contributed by atoms with Gasteiger partial charge < -0.3 is 14.8 Å². The summed E-state index contributed by atoms with van der Waals surface area (Å²) in [6, 6.07) is 2.32. The van der Waals surface area contributed by atoms with Crippen LogP contribution in [0.5, 0.6) is 5.88 Å². The fourth-order valence-electron chi connectivity index (χ4n) is 1.51. The van der Waals surface area contributed by atoms with Crippen molar-refractivity contribution in [2.45, 2.75) is 40.3 Å². The maximum Gasteiger partial charge on any atom is 0.232 e. The molecular weight excluding hydrogens is 276 g/mol. The van der Waals surface area contributed by atoms with Crippen LogP contribution >= 0.6 is 11.6 Å². The highest BCUT2D eigenvalue weighted by molar-refractivity contribution is 6.31. The van der Waals surface area contributed by atoms with E-state index in [1.165, 1.54) is 0 Å². The first-order chi connectivity index (χ1) is 9.49. The van der Waals surface area contributed by atoms with E-state index in [4.69, 9.17) is 21.1 Å². The number of hydrogen-bond donors (Lipinski definition) is 1. The summed E-state index contributed by atoms with van der Waals surface area (Å²) < 4.78 is 11.0. The molecule has 0 bridgehead atoms. The number of halogens is 1. The van der Waals surface area contributed by atoms with Gasteiger partial charge in [0.05, 0.1) is 6.61 Å². The van der Waals surface area contributed by atoms with Gasteiger partial charge in [-0.05, 0) is 17.5 Å². The Morgan fingerprint density at radius 3 is 2.60 bits per heavy atom. The lowest BCUT2D eigenvalue weighted by molar-refractivity contribution is 0.0806. The molecule has 0 aromatic carbocycles. The van der Waals surface area contributed by atoms with Gasteiger partial charge in [0.1, 0.15) is 11.6 Å². The van der Waals surface area contributed by atoms with E-state index in [1.807, 2.05) is 6.07 Å². The molecule has 0 saturated carbocycles. The van der Waals surface area contributed by atoms with Gasteiger partial charge in [0.15, 0.2) is 0 Å². The quantitative estimate of drug-likeness (QED) is 0.711. The molecule has 1 rings (SSSR count). The highest BCUT2D eigenvalue weighted by Crippen LogP contribution is 2.22. The third-order valence-corrected chi connectivity index (χ3v) is 2.77. The van der Waals surface area contributed by atoms with Gasteiger partial charge in [0.2, 0.25) is 5.88 Å². The van der Waals surface area contributed by atoms with Crippen molar-refractivity contribution in [3.63, 3.8) is 0 Å². The van der Waals surface area contributed by atoms with Gasteiger partial charge in [-0.2, -0.15) is 0 Å². The molecule has 0 aliphatic rings. The largest absolute Gasteiger partial charge is 0.474 e. The molecule has 1 aromatic heterocycles. The van der Waals surface area contributed by atoms with Gasteiger partial charge in [0.25, 0.3) is 0 Å². The maximum absolute atomic E-state index is 6.15. The minimum absolute atomic E-state index is 0.433. The van der Waals surface area contributed by atoms with Gasteiger partial charge in [-0.3, -0.25) is 0 Å². The van der Waals surface area contributed by atoms with E-state index in [0.717, 1.165) is 18.7 Å². The SMILES string of the molecule is CC(C)COCCOc1ncc(CNC(C)C)cc1Cl. The number of pyridine rings is 1. The zero-order valence-electron chi connectivity index (χ0n) is 12.8. The van der Waals surface area contributed by atoms with Gasteiger partial charge in [-0.1, -0.05) is 39.3 Å². The summed E-state index contributed by atoms with van der Waals surface area (Å²) in [6.07, 6.45) is 1.78. The molecule has 0 fully saturated rings. The molecule has 20 heavy (non-hydrogen) atoms. The molecule has 0 saturated heterocycles. The zero-order chi connectivity index (χ0) is 15.0. The Bertz CT molecular complexity index is 397. The first kappa shape index (κ1) is 17.2. The first-order valence-corrected chi connectivity index (χ1v) is 7.45. The second-order valence-electron chi connectivity index (χ2n) is 5.48.